The Bertz CT molecular complexity index is 690. The van der Waals surface area contributed by atoms with Gasteiger partial charge in [0.1, 0.15) is 0 Å². The smallest absolute Gasteiger partial charge is 0.319 e. The van der Waals surface area contributed by atoms with Gasteiger partial charge in [-0.2, -0.15) is 0 Å². The average Bonchev–Trinajstić information content (AvgIpc) is 2.38. The lowest BCUT2D eigenvalue weighted by atomic mass is 10.1. The Morgan fingerprint density at radius 2 is 1.53 bits per heavy atom. The van der Waals surface area contributed by atoms with Crippen LogP contribution in [0.5, 0.6) is 0 Å². The zero-order chi connectivity index (χ0) is 13.9. The van der Waals surface area contributed by atoms with Gasteiger partial charge in [-0.05, 0) is 11.6 Å². The topological polar surface area (TPSA) is 71.4 Å². The molecule has 0 unspecified atom stereocenters. The van der Waals surface area contributed by atoms with Crippen molar-refractivity contribution < 1.29 is 18.3 Å². The first-order valence-electron chi connectivity index (χ1n) is 5.60. The molecule has 0 amide bonds. The first kappa shape index (κ1) is 13.3. The molecule has 5 heteroatoms. The summed E-state index contributed by atoms with van der Waals surface area (Å²) in [5.74, 6) is -2.26. The molecule has 0 spiro atoms. The zero-order valence-electron chi connectivity index (χ0n) is 9.98. The minimum atomic E-state index is -3.84. The predicted molar refractivity (Wildman–Crippen MR) is 71.6 cm³/mol. The van der Waals surface area contributed by atoms with Gasteiger partial charge in [0.2, 0.25) is 0 Å². The van der Waals surface area contributed by atoms with E-state index in [-0.39, 0.29) is 4.90 Å². The molecule has 0 aliphatic rings. The Kier molecular flexibility index (Phi) is 3.66. The standard InChI is InChI=1S/C14H12O4S/c15-14(16)10-19(17,18)13-9-5-4-8-12(13)11-6-2-1-3-7-11/h1-9H,10H2,(H,15,16). The molecule has 0 saturated carbocycles. The minimum absolute atomic E-state index is 0.0450. The van der Waals surface area contributed by atoms with Gasteiger partial charge in [0, 0.05) is 5.56 Å². The molecule has 19 heavy (non-hydrogen) atoms. The molecule has 0 aliphatic carbocycles. The lowest BCUT2D eigenvalue weighted by Crippen LogP contribution is -2.16. The van der Waals surface area contributed by atoms with Crippen molar-refractivity contribution in [3.63, 3.8) is 0 Å². The molecule has 2 aromatic rings. The second kappa shape index (κ2) is 5.24. The van der Waals surface area contributed by atoms with Crippen LogP contribution in [0, 0.1) is 0 Å². The Balaban J connectivity index is 2.58. The van der Waals surface area contributed by atoms with E-state index in [0.717, 1.165) is 5.56 Å². The summed E-state index contributed by atoms with van der Waals surface area (Å²) >= 11 is 0. The normalized spacial score (nSPS) is 11.2. The van der Waals surface area contributed by atoms with E-state index < -0.39 is 21.6 Å². The van der Waals surface area contributed by atoms with Crippen molar-refractivity contribution in [2.75, 3.05) is 5.75 Å². The van der Waals surface area contributed by atoms with Gasteiger partial charge in [-0.1, -0.05) is 48.5 Å². The lowest BCUT2D eigenvalue weighted by molar-refractivity contribution is -0.134. The molecule has 0 aliphatic heterocycles. The number of hydrogen-bond acceptors (Lipinski definition) is 3. The predicted octanol–water partition coefficient (Wildman–Crippen LogP) is 2.21. The van der Waals surface area contributed by atoms with E-state index in [1.54, 1.807) is 42.5 Å². The molecule has 0 radical (unpaired) electrons. The van der Waals surface area contributed by atoms with Crippen molar-refractivity contribution in [3.05, 3.63) is 54.6 Å². The highest BCUT2D eigenvalue weighted by molar-refractivity contribution is 7.92. The van der Waals surface area contributed by atoms with Crippen molar-refractivity contribution >= 4 is 15.8 Å². The third-order valence-corrected chi connectivity index (χ3v) is 4.27. The Morgan fingerprint density at radius 3 is 2.16 bits per heavy atom. The summed E-state index contributed by atoms with van der Waals surface area (Å²) in [7, 11) is -3.84. The van der Waals surface area contributed by atoms with Crippen LogP contribution < -0.4 is 0 Å². The highest BCUT2D eigenvalue weighted by atomic mass is 32.2. The second-order valence-corrected chi connectivity index (χ2v) is 5.97. The van der Waals surface area contributed by atoms with E-state index in [1.165, 1.54) is 6.07 Å². The van der Waals surface area contributed by atoms with Gasteiger partial charge in [-0.15, -0.1) is 0 Å². The first-order chi connectivity index (χ1) is 9.00. The van der Waals surface area contributed by atoms with Gasteiger partial charge in [0.05, 0.1) is 4.90 Å². The molecule has 2 aromatic carbocycles. The van der Waals surface area contributed by atoms with Crippen LogP contribution in [0.4, 0.5) is 0 Å². The van der Waals surface area contributed by atoms with Gasteiger partial charge in [-0.3, -0.25) is 4.79 Å². The van der Waals surface area contributed by atoms with Crippen molar-refractivity contribution in [2.24, 2.45) is 0 Å². The molecular formula is C14H12O4S. The van der Waals surface area contributed by atoms with Crippen LogP contribution in [0.3, 0.4) is 0 Å². The fourth-order valence-corrected chi connectivity index (χ4v) is 3.12. The fourth-order valence-electron chi connectivity index (χ4n) is 1.83. The molecule has 4 nitrogen and oxygen atoms in total. The highest BCUT2D eigenvalue weighted by Crippen LogP contribution is 2.27. The van der Waals surface area contributed by atoms with Gasteiger partial charge in [0.15, 0.2) is 15.6 Å². The Morgan fingerprint density at radius 1 is 0.947 bits per heavy atom. The Hall–Kier alpha value is -2.14. The fraction of sp³-hybridized carbons (Fsp3) is 0.0714. The van der Waals surface area contributed by atoms with Gasteiger partial charge >= 0.3 is 5.97 Å². The number of benzene rings is 2. The molecule has 0 atom stereocenters. The summed E-state index contributed by atoms with van der Waals surface area (Å²) in [5, 5.41) is 8.69. The van der Waals surface area contributed by atoms with Crippen molar-refractivity contribution in [1.82, 2.24) is 0 Å². The van der Waals surface area contributed by atoms with Crippen molar-refractivity contribution in [2.45, 2.75) is 4.90 Å². The summed E-state index contributed by atoms with van der Waals surface area (Å²) in [6, 6.07) is 15.4. The van der Waals surface area contributed by atoms with E-state index in [9.17, 15) is 13.2 Å². The van der Waals surface area contributed by atoms with E-state index in [2.05, 4.69) is 0 Å². The summed E-state index contributed by atoms with van der Waals surface area (Å²) in [4.78, 5) is 10.7. The maximum atomic E-state index is 12.1. The summed E-state index contributed by atoms with van der Waals surface area (Å²) in [5.41, 5.74) is 1.26. The Labute approximate surface area is 111 Å². The first-order valence-corrected chi connectivity index (χ1v) is 7.25. The van der Waals surface area contributed by atoms with Crippen LogP contribution in [0.25, 0.3) is 11.1 Å². The number of sulfone groups is 1. The van der Waals surface area contributed by atoms with Crippen LogP contribution in [0.2, 0.25) is 0 Å². The largest absolute Gasteiger partial charge is 0.480 e. The second-order valence-electron chi connectivity index (χ2n) is 4.02. The van der Waals surface area contributed by atoms with Crippen LogP contribution in [0.1, 0.15) is 0 Å². The third-order valence-electron chi connectivity index (χ3n) is 2.62. The molecular weight excluding hydrogens is 264 g/mol. The quantitative estimate of drug-likeness (QED) is 0.929. The highest BCUT2D eigenvalue weighted by Gasteiger charge is 2.22. The van der Waals surface area contributed by atoms with Gasteiger partial charge in [-0.25, -0.2) is 8.42 Å². The third kappa shape index (κ3) is 3.00. The maximum Gasteiger partial charge on any atom is 0.319 e. The molecule has 2 rings (SSSR count). The minimum Gasteiger partial charge on any atom is -0.480 e. The summed E-state index contributed by atoms with van der Waals surface area (Å²) in [6.07, 6.45) is 0. The summed E-state index contributed by atoms with van der Waals surface area (Å²) in [6.45, 7) is 0. The van der Waals surface area contributed by atoms with Crippen molar-refractivity contribution in [1.29, 1.82) is 0 Å². The SMILES string of the molecule is O=C(O)CS(=O)(=O)c1ccccc1-c1ccccc1. The van der Waals surface area contributed by atoms with Crippen LogP contribution in [-0.2, 0) is 14.6 Å². The van der Waals surface area contributed by atoms with E-state index in [4.69, 9.17) is 5.11 Å². The number of carbonyl (C=O) groups is 1. The van der Waals surface area contributed by atoms with Gasteiger partial charge in [0.25, 0.3) is 0 Å². The van der Waals surface area contributed by atoms with E-state index in [0.29, 0.717) is 5.56 Å². The van der Waals surface area contributed by atoms with Crippen LogP contribution >= 0.6 is 0 Å². The van der Waals surface area contributed by atoms with Crippen LogP contribution in [-0.4, -0.2) is 25.2 Å². The molecule has 0 aromatic heterocycles. The molecule has 0 heterocycles. The number of hydrogen-bond donors (Lipinski definition) is 1. The molecule has 1 N–H and O–H groups in total. The van der Waals surface area contributed by atoms with E-state index in [1.807, 2.05) is 6.07 Å². The monoisotopic (exact) mass is 276 g/mol. The number of carboxylic acid groups (broad SMARTS) is 1. The van der Waals surface area contributed by atoms with Crippen LogP contribution in [0.15, 0.2) is 59.5 Å². The number of aliphatic carboxylic acids is 1. The number of rotatable bonds is 4. The molecule has 0 saturated heterocycles. The summed E-state index contributed by atoms with van der Waals surface area (Å²) < 4.78 is 24.1. The molecule has 0 fully saturated rings. The number of carboxylic acids is 1. The molecule has 0 bridgehead atoms. The van der Waals surface area contributed by atoms with Crippen molar-refractivity contribution in [3.8, 4) is 11.1 Å². The maximum absolute atomic E-state index is 12.1. The molecule has 98 valence electrons. The zero-order valence-corrected chi connectivity index (χ0v) is 10.8. The van der Waals surface area contributed by atoms with E-state index >= 15 is 0 Å². The lowest BCUT2D eigenvalue weighted by Gasteiger charge is -2.09. The average molecular weight is 276 g/mol. The van der Waals surface area contributed by atoms with Gasteiger partial charge < -0.3 is 5.11 Å².